The molecule has 0 unspecified atom stereocenters. The van der Waals surface area contributed by atoms with Crippen LogP contribution in [0.3, 0.4) is 0 Å². The van der Waals surface area contributed by atoms with E-state index in [1.807, 2.05) is 0 Å². The Balaban J connectivity index is 1.96. The number of hydrogen-bond acceptors (Lipinski definition) is 5. The van der Waals surface area contributed by atoms with Gasteiger partial charge in [-0.2, -0.15) is 0 Å². The lowest BCUT2D eigenvalue weighted by Crippen LogP contribution is -2.21. The molecule has 0 radical (unpaired) electrons. The first-order valence-electron chi connectivity index (χ1n) is 6.84. The molecule has 7 nitrogen and oxygen atoms in total. The number of hydrogen-bond donors (Lipinski definition) is 1. The van der Waals surface area contributed by atoms with Gasteiger partial charge in [-0.25, -0.2) is 4.79 Å². The van der Waals surface area contributed by atoms with Crippen LogP contribution in [0.1, 0.15) is 15.9 Å². The summed E-state index contributed by atoms with van der Waals surface area (Å²) in [5.74, 6) is -1.27. The Morgan fingerprint density at radius 2 is 1.88 bits per heavy atom. The summed E-state index contributed by atoms with van der Waals surface area (Å²) in [5.41, 5.74) is 1.06. The molecule has 0 aromatic heterocycles. The molecule has 2 aromatic carbocycles. The number of nitrogens with one attached hydrogen (secondary N) is 1. The molecule has 2 rings (SSSR count). The second kappa shape index (κ2) is 7.56. The molecular weight excluding hydrogens is 336 g/mol. The highest BCUT2D eigenvalue weighted by Gasteiger charge is 2.13. The summed E-state index contributed by atoms with van der Waals surface area (Å²) in [4.78, 5) is 33.8. The van der Waals surface area contributed by atoms with Crippen LogP contribution < -0.4 is 5.32 Å². The number of rotatable bonds is 5. The van der Waals surface area contributed by atoms with E-state index in [0.29, 0.717) is 10.6 Å². The lowest BCUT2D eigenvalue weighted by Gasteiger charge is -2.09. The van der Waals surface area contributed by atoms with Crippen molar-refractivity contribution in [1.29, 1.82) is 0 Å². The van der Waals surface area contributed by atoms with Crippen LogP contribution >= 0.6 is 11.6 Å². The van der Waals surface area contributed by atoms with Gasteiger partial charge in [0.2, 0.25) is 0 Å². The molecule has 24 heavy (non-hydrogen) atoms. The molecule has 0 spiro atoms. The molecule has 0 saturated heterocycles. The first kappa shape index (κ1) is 17.4. The normalized spacial score (nSPS) is 10.1. The molecule has 0 atom stereocenters. The van der Waals surface area contributed by atoms with E-state index >= 15 is 0 Å². The smallest absolute Gasteiger partial charge is 0.338 e. The quantitative estimate of drug-likeness (QED) is 0.507. The van der Waals surface area contributed by atoms with Crippen molar-refractivity contribution >= 4 is 34.9 Å². The first-order valence-corrected chi connectivity index (χ1v) is 7.22. The predicted molar refractivity (Wildman–Crippen MR) is 88.2 cm³/mol. The zero-order chi connectivity index (χ0) is 17.7. The number of benzene rings is 2. The number of carbonyl (C=O) groups excluding carboxylic acids is 2. The summed E-state index contributed by atoms with van der Waals surface area (Å²) in [5, 5.41) is 13.7. The summed E-state index contributed by atoms with van der Waals surface area (Å²) in [7, 11) is 0. The Kier molecular flexibility index (Phi) is 5.49. The minimum absolute atomic E-state index is 0.144. The molecule has 2 aromatic rings. The molecule has 1 amide bonds. The Morgan fingerprint density at radius 3 is 2.50 bits per heavy atom. The molecule has 124 valence electrons. The van der Waals surface area contributed by atoms with E-state index in [2.05, 4.69) is 5.32 Å². The average molecular weight is 349 g/mol. The minimum atomic E-state index is -0.669. The molecule has 0 aliphatic carbocycles. The van der Waals surface area contributed by atoms with Crippen molar-refractivity contribution in [2.75, 3.05) is 11.9 Å². The van der Waals surface area contributed by atoms with Crippen molar-refractivity contribution in [1.82, 2.24) is 0 Å². The number of halogens is 1. The molecule has 8 heteroatoms. The van der Waals surface area contributed by atoms with Crippen LogP contribution in [0, 0.1) is 17.0 Å². The number of ether oxygens (including phenoxy) is 1. The van der Waals surface area contributed by atoms with Gasteiger partial charge in [-0.05, 0) is 36.8 Å². The third kappa shape index (κ3) is 4.53. The number of esters is 1. The third-order valence-electron chi connectivity index (χ3n) is 3.12. The van der Waals surface area contributed by atoms with Gasteiger partial charge in [0.1, 0.15) is 0 Å². The van der Waals surface area contributed by atoms with E-state index in [-0.39, 0.29) is 16.9 Å². The van der Waals surface area contributed by atoms with Gasteiger partial charge in [-0.3, -0.25) is 14.9 Å². The summed E-state index contributed by atoms with van der Waals surface area (Å²) >= 11 is 5.72. The van der Waals surface area contributed by atoms with Crippen molar-refractivity contribution in [3.8, 4) is 0 Å². The lowest BCUT2D eigenvalue weighted by atomic mass is 10.2. The van der Waals surface area contributed by atoms with Gasteiger partial charge in [-0.1, -0.05) is 17.7 Å². The summed E-state index contributed by atoms with van der Waals surface area (Å²) < 4.78 is 4.89. The Morgan fingerprint density at radius 1 is 1.21 bits per heavy atom. The predicted octanol–water partition coefficient (Wildman–Crippen LogP) is 3.35. The maximum Gasteiger partial charge on any atom is 0.338 e. The number of non-ortho nitro benzene ring substituents is 1. The van der Waals surface area contributed by atoms with Crippen LogP contribution in [-0.4, -0.2) is 23.4 Å². The van der Waals surface area contributed by atoms with E-state index in [1.165, 1.54) is 42.5 Å². The molecule has 0 heterocycles. The average Bonchev–Trinajstić information content (AvgIpc) is 2.55. The molecule has 0 saturated carbocycles. The highest BCUT2D eigenvalue weighted by Crippen LogP contribution is 2.21. The molecule has 0 aliphatic rings. The Labute approximate surface area is 142 Å². The SMILES string of the molecule is Cc1ccc([N+](=O)[O-])cc1NC(=O)COC(=O)c1ccc(Cl)cc1. The van der Waals surface area contributed by atoms with Crippen molar-refractivity contribution in [3.63, 3.8) is 0 Å². The van der Waals surface area contributed by atoms with E-state index in [1.54, 1.807) is 6.92 Å². The van der Waals surface area contributed by atoms with E-state index in [9.17, 15) is 19.7 Å². The Bertz CT molecular complexity index is 790. The number of aryl methyl sites for hydroxylation is 1. The zero-order valence-electron chi connectivity index (χ0n) is 12.6. The minimum Gasteiger partial charge on any atom is -0.452 e. The number of nitro groups is 1. The van der Waals surface area contributed by atoms with Gasteiger partial charge in [0.05, 0.1) is 16.2 Å². The second-order valence-electron chi connectivity index (χ2n) is 4.89. The van der Waals surface area contributed by atoms with Crippen LogP contribution in [0.2, 0.25) is 5.02 Å². The van der Waals surface area contributed by atoms with Crippen molar-refractivity contribution in [3.05, 3.63) is 68.7 Å². The van der Waals surface area contributed by atoms with Crippen LogP contribution in [0.15, 0.2) is 42.5 Å². The van der Waals surface area contributed by atoms with Crippen LogP contribution in [0.4, 0.5) is 11.4 Å². The number of nitrogens with zero attached hydrogens (tertiary/aromatic N) is 1. The molecule has 0 bridgehead atoms. The van der Waals surface area contributed by atoms with Gasteiger partial charge in [0.25, 0.3) is 11.6 Å². The summed E-state index contributed by atoms with van der Waals surface area (Å²) in [6.45, 7) is 1.18. The largest absolute Gasteiger partial charge is 0.452 e. The highest BCUT2D eigenvalue weighted by atomic mass is 35.5. The highest BCUT2D eigenvalue weighted by molar-refractivity contribution is 6.30. The zero-order valence-corrected chi connectivity index (χ0v) is 13.4. The van der Waals surface area contributed by atoms with E-state index < -0.39 is 23.4 Å². The number of nitro benzene ring substituents is 1. The van der Waals surface area contributed by atoms with Crippen LogP contribution in [-0.2, 0) is 9.53 Å². The molecule has 0 fully saturated rings. The van der Waals surface area contributed by atoms with Crippen LogP contribution in [0.25, 0.3) is 0 Å². The number of amides is 1. The Hall–Kier alpha value is -2.93. The molecule has 1 N–H and O–H groups in total. The van der Waals surface area contributed by atoms with Crippen molar-refractivity contribution < 1.29 is 19.2 Å². The monoisotopic (exact) mass is 348 g/mol. The van der Waals surface area contributed by atoms with Gasteiger partial charge in [-0.15, -0.1) is 0 Å². The fourth-order valence-electron chi connectivity index (χ4n) is 1.84. The van der Waals surface area contributed by atoms with E-state index in [0.717, 1.165) is 0 Å². The molecule has 0 aliphatic heterocycles. The maximum absolute atomic E-state index is 11.9. The van der Waals surface area contributed by atoms with E-state index in [4.69, 9.17) is 16.3 Å². The number of carbonyl (C=O) groups is 2. The summed E-state index contributed by atoms with van der Waals surface area (Å²) in [6, 6.07) is 10.1. The standard InChI is InChI=1S/C16H13ClN2O5/c1-10-2-7-13(19(22)23)8-14(10)18-15(20)9-24-16(21)11-3-5-12(17)6-4-11/h2-8H,9H2,1H3,(H,18,20). The van der Waals surface area contributed by atoms with Gasteiger partial charge in [0.15, 0.2) is 6.61 Å². The number of anilines is 1. The van der Waals surface area contributed by atoms with Crippen molar-refractivity contribution in [2.24, 2.45) is 0 Å². The molecular formula is C16H13ClN2O5. The first-order chi connectivity index (χ1) is 11.4. The fourth-order valence-corrected chi connectivity index (χ4v) is 1.97. The second-order valence-corrected chi connectivity index (χ2v) is 5.32. The topological polar surface area (TPSA) is 98.5 Å². The van der Waals surface area contributed by atoms with Crippen LogP contribution in [0.5, 0.6) is 0 Å². The van der Waals surface area contributed by atoms with Gasteiger partial charge in [0, 0.05) is 17.2 Å². The van der Waals surface area contributed by atoms with Crippen molar-refractivity contribution in [2.45, 2.75) is 6.92 Å². The van der Waals surface area contributed by atoms with Gasteiger partial charge < -0.3 is 10.1 Å². The third-order valence-corrected chi connectivity index (χ3v) is 3.37. The van der Waals surface area contributed by atoms with Gasteiger partial charge >= 0.3 is 5.97 Å². The lowest BCUT2D eigenvalue weighted by molar-refractivity contribution is -0.384. The maximum atomic E-state index is 11.9. The summed E-state index contributed by atoms with van der Waals surface area (Å²) in [6.07, 6.45) is 0. The fraction of sp³-hybridized carbons (Fsp3) is 0.125.